The predicted octanol–water partition coefficient (Wildman–Crippen LogP) is 3.49. The van der Waals surface area contributed by atoms with E-state index in [9.17, 15) is 0 Å². The number of benzene rings is 1. The Hall–Kier alpha value is -0.910. The van der Waals surface area contributed by atoms with Gasteiger partial charge in [-0.05, 0) is 53.5 Å². The smallest absolute Gasteiger partial charge is 0.0969 e. The highest BCUT2D eigenvalue weighted by Crippen LogP contribution is 2.27. The van der Waals surface area contributed by atoms with E-state index in [0.29, 0.717) is 0 Å². The van der Waals surface area contributed by atoms with Gasteiger partial charge in [-0.2, -0.15) is 0 Å². The van der Waals surface area contributed by atoms with Gasteiger partial charge in [0.2, 0.25) is 0 Å². The number of hydrogen-bond donors (Lipinski definition) is 1. The highest BCUT2D eigenvalue weighted by molar-refractivity contribution is 9.10. The number of rotatable bonds is 5. The van der Waals surface area contributed by atoms with E-state index in [1.165, 1.54) is 0 Å². The molecule has 0 aliphatic carbocycles. The first-order chi connectivity index (χ1) is 9.11. The van der Waals surface area contributed by atoms with Gasteiger partial charge in [-0.25, -0.2) is 4.68 Å². The first kappa shape index (κ1) is 14.5. The van der Waals surface area contributed by atoms with Crippen LogP contribution in [0.5, 0.6) is 0 Å². The molecule has 0 amide bonds. The molecule has 1 aromatic heterocycles. The molecule has 1 N–H and O–H groups in total. The van der Waals surface area contributed by atoms with E-state index in [0.717, 1.165) is 46.0 Å². The van der Waals surface area contributed by atoms with E-state index >= 15 is 0 Å². The normalized spacial score (nSPS) is 10.9. The van der Waals surface area contributed by atoms with Crippen LogP contribution in [0.15, 0.2) is 22.8 Å². The van der Waals surface area contributed by atoms with Crippen molar-refractivity contribution in [2.75, 3.05) is 6.54 Å². The Bertz CT molecular complexity index is 568. The second-order valence-corrected chi connectivity index (χ2v) is 5.65. The molecule has 2 rings (SSSR count). The molecule has 6 heteroatoms. The molecule has 0 atom stereocenters. The Morgan fingerprint density at radius 3 is 2.95 bits per heavy atom. The zero-order chi connectivity index (χ0) is 13.8. The third-order valence-electron chi connectivity index (χ3n) is 2.75. The van der Waals surface area contributed by atoms with E-state index in [-0.39, 0.29) is 0 Å². The highest BCUT2D eigenvalue weighted by Gasteiger charge is 2.09. The van der Waals surface area contributed by atoms with Gasteiger partial charge in [-0.1, -0.05) is 23.7 Å². The van der Waals surface area contributed by atoms with Crippen molar-refractivity contribution in [1.82, 2.24) is 20.3 Å². The van der Waals surface area contributed by atoms with Crippen LogP contribution >= 0.6 is 27.5 Å². The fourth-order valence-electron chi connectivity index (χ4n) is 1.70. The van der Waals surface area contributed by atoms with Crippen molar-refractivity contribution in [3.8, 4) is 5.69 Å². The maximum atomic E-state index is 6.15. The lowest BCUT2D eigenvalue weighted by atomic mass is 10.2. The third-order valence-corrected chi connectivity index (χ3v) is 3.79. The lowest BCUT2D eigenvalue weighted by Gasteiger charge is -2.06. The zero-order valence-electron chi connectivity index (χ0n) is 11.0. The fraction of sp³-hybridized carbons (Fsp3) is 0.385. The Kier molecular flexibility index (Phi) is 4.96. The summed E-state index contributed by atoms with van der Waals surface area (Å²) in [4.78, 5) is 0. The molecule has 0 saturated carbocycles. The summed E-state index contributed by atoms with van der Waals surface area (Å²) >= 11 is 9.68. The van der Waals surface area contributed by atoms with Crippen molar-refractivity contribution < 1.29 is 0 Å². The predicted molar refractivity (Wildman–Crippen MR) is 80.8 cm³/mol. The average Bonchev–Trinajstić information content (AvgIpc) is 2.83. The van der Waals surface area contributed by atoms with Crippen molar-refractivity contribution >= 4 is 27.5 Å². The molecule has 1 heterocycles. The van der Waals surface area contributed by atoms with Gasteiger partial charge >= 0.3 is 0 Å². The van der Waals surface area contributed by atoms with Gasteiger partial charge in [0.1, 0.15) is 0 Å². The molecule has 4 nitrogen and oxygen atoms in total. The van der Waals surface area contributed by atoms with Gasteiger partial charge in [0.15, 0.2) is 0 Å². The summed E-state index contributed by atoms with van der Waals surface area (Å²) in [6.07, 6.45) is 3.02. The Labute approximate surface area is 126 Å². The van der Waals surface area contributed by atoms with Crippen LogP contribution in [0, 0.1) is 6.92 Å². The van der Waals surface area contributed by atoms with Crippen LogP contribution in [0.25, 0.3) is 5.69 Å². The Morgan fingerprint density at radius 1 is 1.42 bits per heavy atom. The third kappa shape index (κ3) is 3.55. The molecule has 2 aromatic rings. The molecule has 0 radical (unpaired) electrons. The molecule has 0 fully saturated rings. The summed E-state index contributed by atoms with van der Waals surface area (Å²) in [6.45, 7) is 5.81. The van der Waals surface area contributed by atoms with E-state index in [1.54, 1.807) is 4.68 Å². The van der Waals surface area contributed by atoms with Gasteiger partial charge in [-0.3, -0.25) is 0 Å². The molecule has 0 aliphatic rings. The zero-order valence-corrected chi connectivity index (χ0v) is 13.3. The summed E-state index contributed by atoms with van der Waals surface area (Å²) in [5, 5.41) is 12.3. The van der Waals surface area contributed by atoms with Crippen LogP contribution in [0.4, 0.5) is 0 Å². The largest absolute Gasteiger partial charge is 0.311 e. The summed E-state index contributed by atoms with van der Waals surface area (Å²) in [7, 11) is 0. The second kappa shape index (κ2) is 6.50. The molecule has 102 valence electrons. The summed E-state index contributed by atoms with van der Waals surface area (Å²) in [6, 6.07) is 3.87. The van der Waals surface area contributed by atoms with Gasteiger partial charge in [0.25, 0.3) is 0 Å². The van der Waals surface area contributed by atoms with Crippen molar-refractivity contribution in [2.24, 2.45) is 0 Å². The molecule has 0 bridgehead atoms. The van der Waals surface area contributed by atoms with Crippen LogP contribution in [0.1, 0.15) is 24.6 Å². The number of hydrogen-bond acceptors (Lipinski definition) is 3. The first-order valence-corrected chi connectivity index (χ1v) is 7.37. The lowest BCUT2D eigenvalue weighted by Crippen LogP contribution is -2.13. The van der Waals surface area contributed by atoms with Crippen molar-refractivity contribution in [3.05, 3.63) is 39.1 Å². The monoisotopic (exact) mass is 342 g/mol. The number of nitrogens with one attached hydrogen (secondary N) is 1. The van der Waals surface area contributed by atoms with Gasteiger partial charge in [0.05, 0.1) is 17.6 Å². The Morgan fingerprint density at radius 2 is 2.21 bits per heavy atom. The molecule has 0 aliphatic heterocycles. The van der Waals surface area contributed by atoms with E-state index in [2.05, 4.69) is 38.5 Å². The van der Waals surface area contributed by atoms with Crippen LogP contribution in [0.2, 0.25) is 5.02 Å². The molecule has 19 heavy (non-hydrogen) atoms. The number of aromatic nitrogens is 3. The van der Waals surface area contributed by atoms with Crippen LogP contribution < -0.4 is 5.32 Å². The first-order valence-electron chi connectivity index (χ1n) is 6.19. The SMILES string of the molecule is CCCNCc1cn(-c2cc(Cl)c(C)cc2Br)nn1. The van der Waals surface area contributed by atoms with E-state index < -0.39 is 0 Å². The fourth-order valence-corrected chi connectivity index (χ4v) is 2.50. The maximum absolute atomic E-state index is 6.15. The van der Waals surface area contributed by atoms with Gasteiger partial charge in [0, 0.05) is 16.0 Å². The minimum absolute atomic E-state index is 0.722. The van der Waals surface area contributed by atoms with E-state index in [1.807, 2.05) is 25.3 Å². The molecule has 0 saturated heterocycles. The number of aryl methyl sites for hydroxylation is 1. The summed E-state index contributed by atoms with van der Waals surface area (Å²) < 4.78 is 2.69. The van der Waals surface area contributed by atoms with Crippen molar-refractivity contribution in [2.45, 2.75) is 26.8 Å². The Balaban J connectivity index is 2.20. The van der Waals surface area contributed by atoms with Crippen LogP contribution in [-0.4, -0.2) is 21.5 Å². The quantitative estimate of drug-likeness (QED) is 0.845. The van der Waals surface area contributed by atoms with E-state index in [4.69, 9.17) is 11.6 Å². The van der Waals surface area contributed by atoms with Crippen LogP contribution in [-0.2, 0) is 6.54 Å². The molecule has 0 spiro atoms. The van der Waals surface area contributed by atoms with Crippen LogP contribution in [0.3, 0.4) is 0 Å². The second-order valence-electron chi connectivity index (χ2n) is 4.38. The standard InChI is InChI=1S/C13H16BrClN4/c1-3-4-16-7-10-8-19(18-17-10)13-6-12(15)9(2)5-11(13)14/h5-6,8,16H,3-4,7H2,1-2H3. The topological polar surface area (TPSA) is 42.7 Å². The molecule has 0 unspecified atom stereocenters. The number of halogens is 2. The molecular weight excluding hydrogens is 328 g/mol. The lowest BCUT2D eigenvalue weighted by molar-refractivity contribution is 0.662. The average molecular weight is 344 g/mol. The van der Waals surface area contributed by atoms with Crippen molar-refractivity contribution in [3.63, 3.8) is 0 Å². The number of nitrogens with zero attached hydrogens (tertiary/aromatic N) is 3. The van der Waals surface area contributed by atoms with Gasteiger partial charge in [-0.15, -0.1) is 5.10 Å². The summed E-state index contributed by atoms with van der Waals surface area (Å²) in [5.74, 6) is 0. The molecular formula is C13H16BrClN4. The maximum Gasteiger partial charge on any atom is 0.0969 e. The van der Waals surface area contributed by atoms with Gasteiger partial charge < -0.3 is 5.32 Å². The summed E-state index contributed by atoms with van der Waals surface area (Å²) in [5.41, 5.74) is 2.84. The minimum Gasteiger partial charge on any atom is -0.311 e. The van der Waals surface area contributed by atoms with Crippen molar-refractivity contribution in [1.29, 1.82) is 0 Å². The highest BCUT2D eigenvalue weighted by atomic mass is 79.9. The minimum atomic E-state index is 0.722. The molecule has 1 aromatic carbocycles.